The summed E-state index contributed by atoms with van der Waals surface area (Å²) in [5.41, 5.74) is 0. The Bertz CT molecular complexity index is 553. The SMILES string of the molecule is CCNc1cncc(Oc2cc(OC)cc(OC)c2)n1. The summed E-state index contributed by atoms with van der Waals surface area (Å²) < 4.78 is 16.1. The van der Waals surface area contributed by atoms with Crippen molar-refractivity contribution >= 4 is 5.82 Å². The Balaban J connectivity index is 2.22. The molecule has 0 aliphatic carbocycles. The van der Waals surface area contributed by atoms with Gasteiger partial charge in [-0.25, -0.2) is 0 Å². The van der Waals surface area contributed by atoms with Crippen LogP contribution < -0.4 is 19.5 Å². The Morgan fingerprint density at radius 1 is 1.00 bits per heavy atom. The molecule has 0 atom stereocenters. The Labute approximate surface area is 117 Å². The first-order chi connectivity index (χ1) is 9.75. The largest absolute Gasteiger partial charge is 0.496 e. The van der Waals surface area contributed by atoms with Crippen LogP contribution in [0.3, 0.4) is 0 Å². The van der Waals surface area contributed by atoms with E-state index in [0.717, 1.165) is 6.54 Å². The first-order valence-corrected chi connectivity index (χ1v) is 6.22. The molecule has 0 bridgehead atoms. The van der Waals surface area contributed by atoms with E-state index in [1.54, 1.807) is 44.8 Å². The number of benzene rings is 1. The van der Waals surface area contributed by atoms with E-state index < -0.39 is 0 Å². The summed E-state index contributed by atoms with van der Waals surface area (Å²) in [6.07, 6.45) is 3.19. The van der Waals surface area contributed by atoms with Crippen LogP contribution in [0.15, 0.2) is 30.6 Å². The fourth-order valence-corrected chi connectivity index (χ4v) is 1.62. The van der Waals surface area contributed by atoms with Crippen molar-refractivity contribution in [3.63, 3.8) is 0 Å². The Kier molecular flexibility index (Phi) is 4.60. The van der Waals surface area contributed by atoms with Gasteiger partial charge < -0.3 is 19.5 Å². The maximum atomic E-state index is 5.68. The Morgan fingerprint density at radius 2 is 1.65 bits per heavy atom. The lowest BCUT2D eigenvalue weighted by Gasteiger charge is -2.10. The monoisotopic (exact) mass is 275 g/mol. The van der Waals surface area contributed by atoms with Gasteiger partial charge in [-0.3, -0.25) is 4.98 Å². The van der Waals surface area contributed by atoms with Gasteiger partial charge in [-0.15, -0.1) is 0 Å². The molecule has 106 valence electrons. The van der Waals surface area contributed by atoms with Crippen molar-refractivity contribution in [2.75, 3.05) is 26.1 Å². The highest BCUT2D eigenvalue weighted by Gasteiger charge is 2.06. The van der Waals surface area contributed by atoms with Crippen LogP contribution in [0, 0.1) is 0 Å². The number of hydrogen-bond donors (Lipinski definition) is 1. The molecular formula is C14H17N3O3. The zero-order valence-corrected chi connectivity index (χ0v) is 11.7. The molecule has 0 spiro atoms. The van der Waals surface area contributed by atoms with Crippen LogP contribution in [0.1, 0.15) is 6.92 Å². The molecule has 0 radical (unpaired) electrons. The minimum Gasteiger partial charge on any atom is -0.496 e. The number of ether oxygens (including phenoxy) is 3. The van der Waals surface area contributed by atoms with E-state index in [9.17, 15) is 0 Å². The average Bonchev–Trinajstić information content (AvgIpc) is 2.47. The second-order valence-electron chi connectivity index (χ2n) is 3.92. The fourth-order valence-electron chi connectivity index (χ4n) is 1.62. The van der Waals surface area contributed by atoms with Gasteiger partial charge >= 0.3 is 0 Å². The second-order valence-corrected chi connectivity index (χ2v) is 3.92. The number of nitrogens with zero attached hydrogens (tertiary/aromatic N) is 2. The second kappa shape index (κ2) is 6.60. The summed E-state index contributed by atoms with van der Waals surface area (Å²) in [5, 5.41) is 3.08. The molecule has 1 heterocycles. The van der Waals surface area contributed by atoms with Gasteiger partial charge in [0.05, 0.1) is 26.6 Å². The van der Waals surface area contributed by atoms with Crippen LogP contribution in [0.25, 0.3) is 0 Å². The third-order valence-electron chi connectivity index (χ3n) is 2.52. The first kappa shape index (κ1) is 13.9. The summed E-state index contributed by atoms with van der Waals surface area (Å²) in [7, 11) is 3.17. The van der Waals surface area contributed by atoms with Crippen LogP contribution in [-0.4, -0.2) is 30.7 Å². The molecule has 1 N–H and O–H groups in total. The van der Waals surface area contributed by atoms with Crippen molar-refractivity contribution in [2.24, 2.45) is 0 Å². The van der Waals surface area contributed by atoms with E-state index in [-0.39, 0.29) is 0 Å². The minimum absolute atomic E-state index is 0.402. The first-order valence-electron chi connectivity index (χ1n) is 6.22. The smallest absolute Gasteiger partial charge is 0.239 e. The van der Waals surface area contributed by atoms with Crippen molar-refractivity contribution in [3.05, 3.63) is 30.6 Å². The molecule has 2 rings (SSSR count). The lowest BCUT2D eigenvalue weighted by Crippen LogP contribution is -2.00. The number of aromatic nitrogens is 2. The fraction of sp³-hybridized carbons (Fsp3) is 0.286. The molecule has 2 aromatic rings. The maximum absolute atomic E-state index is 5.68. The highest BCUT2D eigenvalue weighted by atomic mass is 16.5. The van der Waals surface area contributed by atoms with Gasteiger partial charge in [-0.05, 0) is 6.92 Å². The standard InChI is InChI=1S/C14H17N3O3/c1-4-16-13-8-15-9-14(17-13)20-12-6-10(18-2)5-11(7-12)19-3/h5-9H,4H2,1-3H3,(H,16,17). The highest BCUT2D eigenvalue weighted by Crippen LogP contribution is 2.30. The van der Waals surface area contributed by atoms with E-state index >= 15 is 0 Å². The van der Waals surface area contributed by atoms with Crippen LogP contribution in [-0.2, 0) is 0 Å². The van der Waals surface area contributed by atoms with Gasteiger partial charge in [-0.2, -0.15) is 4.98 Å². The van der Waals surface area contributed by atoms with Gasteiger partial charge in [0.1, 0.15) is 23.1 Å². The molecule has 6 nitrogen and oxygen atoms in total. The zero-order chi connectivity index (χ0) is 14.4. The van der Waals surface area contributed by atoms with Gasteiger partial charge in [-0.1, -0.05) is 0 Å². The summed E-state index contributed by atoms with van der Waals surface area (Å²) in [6, 6.07) is 5.28. The molecule has 0 aliphatic rings. The van der Waals surface area contributed by atoms with E-state index in [4.69, 9.17) is 14.2 Å². The molecule has 0 aliphatic heterocycles. The topological polar surface area (TPSA) is 65.5 Å². The zero-order valence-electron chi connectivity index (χ0n) is 11.7. The summed E-state index contributed by atoms with van der Waals surface area (Å²) in [5.74, 6) is 2.94. The highest BCUT2D eigenvalue weighted by molar-refractivity contribution is 5.43. The van der Waals surface area contributed by atoms with E-state index in [1.807, 2.05) is 6.92 Å². The van der Waals surface area contributed by atoms with Crippen LogP contribution >= 0.6 is 0 Å². The molecular weight excluding hydrogens is 258 g/mol. The quantitative estimate of drug-likeness (QED) is 0.874. The molecule has 20 heavy (non-hydrogen) atoms. The van der Waals surface area contributed by atoms with Crippen molar-refractivity contribution in [1.29, 1.82) is 0 Å². The summed E-state index contributed by atoms with van der Waals surface area (Å²) >= 11 is 0. The molecule has 6 heteroatoms. The summed E-state index contributed by atoms with van der Waals surface area (Å²) in [4.78, 5) is 8.36. The normalized spacial score (nSPS) is 9.95. The van der Waals surface area contributed by atoms with E-state index in [0.29, 0.717) is 28.9 Å². The molecule has 0 unspecified atom stereocenters. The Hall–Kier alpha value is -2.50. The molecule has 1 aromatic carbocycles. The van der Waals surface area contributed by atoms with Gasteiger partial charge in [0.15, 0.2) is 0 Å². The van der Waals surface area contributed by atoms with E-state index in [2.05, 4.69) is 15.3 Å². The van der Waals surface area contributed by atoms with Gasteiger partial charge in [0, 0.05) is 24.7 Å². The number of nitrogens with one attached hydrogen (secondary N) is 1. The number of hydrogen-bond acceptors (Lipinski definition) is 6. The lowest BCUT2D eigenvalue weighted by molar-refractivity contribution is 0.385. The minimum atomic E-state index is 0.402. The molecule has 0 saturated heterocycles. The van der Waals surface area contributed by atoms with Crippen molar-refractivity contribution in [3.8, 4) is 23.1 Å². The third-order valence-corrected chi connectivity index (χ3v) is 2.52. The van der Waals surface area contributed by atoms with Gasteiger partial charge in [0.25, 0.3) is 0 Å². The van der Waals surface area contributed by atoms with Crippen molar-refractivity contribution in [2.45, 2.75) is 6.92 Å². The molecule has 1 aromatic heterocycles. The van der Waals surface area contributed by atoms with Crippen molar-refractivity contribution < 1.29 is 14.2 Å². The number of methoxy groups -OCH3 is 2. The Morgan fingerprint density at radius 3 is 2.25 bits per heavy atom. The maximum Gasteiger partial charge on any atom is 0.239 e. The lowest BCUT2D eigenvalue weighted by atomic mass is 10.3. The predicted molar refractivity (Wildman–Crippen MR) is 75.8 cm³/mol. The predicted octanol–water partition coefficient (Wildman–Crippen LogP) is 2.72. The van der Waals surface area contributed by atoms with E-state index in [1.165, 1.54) is 0 Å². The van der Waals surface area contributed by atoms with Crippen molar-refractivity contribution in [1.82, 2.24) is 9.97 Å². The number of anilines is 1. The third kappa shape index (κ3) is 3.50. The molecule has 0 fully saturated rings. The molecule has 0 amide bonds. The summed E-state index contributed by atoms with van der Waals surface area (Å²) in [6.45, 7) is 2.76. The number of rotatable bonds is 6. The van der Waals surface area contributed by atoms with Crippen LogP contribution in [0.2, 0.25) is 0 Å². The molecule has 0 saturated carbocycles. The average molecular weight is 275 g/mol. The van der Waals surface area contributed by atoms with Crippen LogP contribution in [0.5, 0.6) is 23.1 Å². The van der Waals surface area contributed by atoms with Crippen LogP contribution in [0.4, 0.5) is 5.82 Å². The van der Waals surface area contributed by atoms with Gasteiger partial charge in [0.2, 0.25) is 5.88 Å².